The van der Waals surface area contributed by atoms with Gasteiger partial charge < -0.3 is 0 Å². The summed E-state index contributed by atoms with van der Waals surface area (Å²) >= 11 is 4.68. The Morgan fingerprint density at radius 1 is 1.06 bits per heavy atom. The monoisotopic (exact) mass is 542 g/mol. The summed E-state index contributed by atoms with van der Waals surface area (Å²) in [5.41, 5.74) is 0.878. The summed E-state index contributed by atoms with van der Waals surface area (Å²) in [6, 6.07) is 19.4. The first-order chi connectivity index (χ1) is 15.9. The molecule has 1 saturated heterocycles. The van der Waals surface area contributed by atoms with E-state index < -0.39 is 22.0 Å². The number of sulfonamides is 1. The van der Waals surface area contributed by atoms with Gasteiger partial charge in [0.25, 0.3) is 0 Å². The molecule has 2 heterocycles. The highest BCUT2D eigenvalue weighted by molar-refractivity contribution is 9.10. The third-order valence-electron chi connectivity index (χ3n) is 5.57. The number of halogens is 1. The standard InChI is InChI=1S/C23H19BrN4O3S2/c24-17-9-3-8-16(14-17)22-26-27-23(32-22)25-21(29)19-11-5-13-28(19)33(30,31)20-12-4-7-15-6-1-2-10-18(15)20/h1-4,6-10,12,14,19H,5,11,13H2,(H,25,27,29). The molecule has 1 aliphatic rings. The van der Waals surface area contributed by atoms with Gasteiger partial charge in [0.15, 0.2) is 0 Å². The predicted molar refractivity (Wildman–Crippen MR) is 133 cm³/mol. The number of anilines is 1. The summed E-state index contributed by atoms with van der Waals surface area (Å²) in [6.45, 7) is 0.295. The van der Waals surface area contributed by atoms with Gasteiger partial charge in [0, 0.05) is 22.0 Å². The number of rotatable bonds is 5. The van der Waals surface area contributed by atoms with Gasteiger partial charge in [-0.15, -0.1) is 10.2 Å². The van der Waals surface area contributed by atoms with E-state index in [0.29, 0.717) is 34.9 Å². The van der Waals surface area contributed by atoms with E-state index in [9.17, 15) is 13.2 Å². The third kappa shape index (κ3) is 4.31. The number of aromatic nitrogens is 2. The molecule has 10 heteroatoms. The maximum Gasteiger partial charge on any atom is 0.244 e. The molecule has 0 spiro atoms. The van der Waals surface area contributed by atoms with Crippen LogP contribution in [0.15, 0.2) is 76.1 Å². The van der Waals surface area contributed by atoms with Gasteiger partial charge in [-0.05, 0) is 36.4 Å². The maximum absolute atomic E-state index is 13.6. The van der Waals surface area contributed by atoms with Crippen LogP contribution in [0.25, 0.3) is 21.3 Å². The molecule has 1 fully saturated rings. The number of benzene rings is 3. The van der Waals surface area contributed by atoms with Crippen molar-refractivity contribution in [3.8, 4) is 10.6 Å². The minimum atomic E-state index is -3.86. The van der Waals surface area contributed by atoms with Crippen LogP contribution in [-0.4, -0.2) is 41.4 Å². The van der Waals surface area contributed by atoms with Crippen molar-refractivity contribution in [2.45, 2.75) is 23.8 Å². The number of nitrogens with zero attached hydrogens (tertiary/aromatic N) is 3. The van der Waals surface area contributed by atoms with Gasteiger partial charge in [0.1, 0.15) is 11.0 Å². The predicted octanol–water partition coefficient (Wildman–Crippen LogP) is 4.91. The summed E-state index contributed by atoms with van der Waals surface area (Å²) < 4.78 is 29.3. The van der Waals surface area contributed by atoms with E-state index in [1.54, 1.807) is 18.2 Å². The van der Waals surface area contributed by atoms with E-state index in [2.05, 4.69) is 31.4 Å². The molecule has 5 rings (SSSR count). The molecule has 1 aromatic heterocycles. The van der Waals surface area contributed by atoms with Gasteiger partial charge in [0.05, 0.1) is 4.90 Å². The Labute approximate surface area is 203 Å². The average Bonchev–Trinajstić information content (AvgIpc) is 3.49. The lowest BCUT2D eigenvalue weighted by molar-refractivity contribution is -0.119. The summed E-state index contributed by atoms with van der Waals surface area (Å²) in [6.07, 6.45) is 1.06. The van der Waals surface area contributed by atoms with Gasteiger partial charge in [0.2, 0.25) is 21.1 Å². The molecular formula is C23H19BrN4O3S2. The van der Waals surface area contributed by atoms with Gasteiger partial charge >= 0.3 is 0 Å². The molecule has 168 valence electrons. The first-order valence-electron chi connectivity index (χ1n) is 10.3. The summed E-state index contributed by atoms with van der Waals surface area (Å²) in [4.78, 5) is 13.3. The van der Waals surface area contributed by atoms with Crippen LogP contribution >= 0.6 is 27.3 Å². The second-order valence-electron chi connectivity index (χ2n) is 7.66. The van der Waals surface area contributed by atoms with Crippen molar-refractivity contribution in [1.82, 2.24) is 14.5 Å². The molecule has 4 aromatic rings. The van der Waals surface area contributed by atoms with Crippen LogP contribution in [0.3, 0.4) is 0 Å². The van der Waals surface area contributed by atoms with E-state index in [4.69, 9.17) is 0 Å². The minimum absolute atomic E-state index is 0.216. The van der Waals surface area contributed by atoms with Crippen molar-refractivity contribution < 1.29 is 13.2 Å². The Balaban J connectivity index is 1.39. The zero-order valence-corrected chi connectivity index (χ0v) is 20.5. The van der Waals surface area contributed by atoms with Gasteiger partial charge in [-0.2, -0.15) is 4.31 Å². The molecule has 1 aliphatic heterocycles. The first kappa shape index (κ1) is 22.1. The first-order valence-corrected chi connectivity index (χ1v) is 13.4. The summed E-state index contributed by atoms with van der Waals surface area (Å²) in [5.74, 6) is -0.395. The highest BCUT2D eigenvalue weighted by Gasteiger charge is 2.40. The Morgan fingerprint density at radius 3 is 2.70 bits per heavy atom. The molecule has 0 saturated carbocycles. The Morgan fingerprint density at radius 2 is 1.85 bits per heavy atom. The zero-order valence-electron chi connectivity index (χ0n) is 17.3. The van der Waals surface area contributed by atoms with Crippen molar-refractivity contribution in [3.63, 3.8) is 0 Å². The number of fused-ring (bicyclic) bond motifs is 1. The fourth-order valence-electron chi connectivity index (χ4n) is 4.04. The number of hydrogen-bond donors (Lipinski definition) is 1. The lowest BCUT2D eigenvalue weighted by atomic mass is 10.1. The van der Waals surface area contributed by atoms with Gasteiger partial charge in [-0.1, -0.05) is 75.8 Å². The lowest BCUT2D eigenvalue weighted by Gasteiger charge is -2.23. The molecular weight excluding hydrogens is 524 g/mol. The molecule has 1 N–H and O–H groups in total. The Bertz CT molecular complexity index is 1450. The van der Waals surface area contributed by atoms with Crippen molar-refractivity contribution in [1.29, 1.82) is 0 Å². The fraction of sp³-hybridized carbons (Fsp3) is 0.174. The number of nitrogens with one attached hydrogen (secondary N) is 1. The second-order valence-corrected chi connectivity index (χ2v) is 11.4. The summed E-state index contributed by atoms with van der Waals surface area (Å²) in [5, 5.41) is 13.5. The number of carbonyl (C=O) groups is 1. The van der Waals surface area contributed by atoms with Crippen molar-refractivity contribution in [2.75, 3.05) is 11.9 Å². The molecule has 0 bridgehead atoms. The molecule has 0 radical (unpaired) electrons. The average molecular weight is 543 g/mol. The van der Waals surface area contributed by atoms with Crippen molar-refractivity contribution >= 4 is 59.1 Å². The van der Waals surface area contributed by atoms with Gasteiger partial charge in [-0.3, -0.25) is 10.1 Å². The van der Waals surface area contributed by atoms with Gasteiger partial charge in [-0.25, -0.2) is 8.42 Å². The van der Waals surface area contributed by atoms with Crippen LogP contribution < -0.4 is 5.32 Å². The number of hydrogen-bond acceptors (Lipinski definition) is 6. The maximum atomic E-state index is 13.6. The molecule has 0 aliphatic carbocycles. The molecule has 1 unspecified atom stereocenters. The minimum Gasteiger partial charge on any atom is -0.299 e. The van der Waals surface area contributed by atoms with Crippen molar-refractivity contribution in [3.05, 3.63) is 71.2 Å². The third-order valence-corrected chi connectivity index (χ3v) is 8.92. The van der Waals surface area contributed by atoms with Crippen molar-refractivity contribution in [2.24, 2.45) is 0 Å². The quantitative estimate of drug-likeness (QED) is 0.386. The lowest BCUT2D eigenvalue weighted by Crippen LogP contribution is -2.43. The van der Waals surface area contributed by atoms with E-state index in [0.717, 1.165) is 15.4 Å². The zero-order chi connectivity index (χ0) is 23.0. The summed E-state index contributed by atoms with van der Waals surface area (Å²) in [7, 11) is -3.86. The normalized spacial score (nSPS) is 16.8. The second kappa shape index (κ2) is 8.94. The van der Waals surface area contributed by atoms with E-state index in [1.807, 2.05) is 48.5 Å². The molecule has 33 heavy (non-hydrogen) atoms. The highest BCUT2D eigenvalue weighted by Crippen LogP contribution is 2.32. The van der Waals surface area contributed by atoms with Crippen LogP contribution in [0.1, 0.15) is 12.8 Å². The topological polar surface area (TPSA) is 92.3 Å². The molecule has 1 atom stereocenters. The van der Waals surface area contributed by atoms with Crippen LogP contribution in [0.4, 0.5) is 5.13 Å². The van der Waals surface area contributed by atoms with E-state index in [1.165, 1.54) is 15.6 Å². The van der Waals surface area contributed by atoms with E-state index >= 15 is 0 Å². The molecule has 3 aromatic carbocycles. The van der Waals surface area contributed by atoms with Crippen LogP contribution in [0.5, 0.6) is 0 Å². The SMILES string of the molecule is O=C(Nc1nnc(-c2cccc(Br)c2)s1)C1CCCN1S(=O)(=O)c1cccc2ccccc12. The Kier molecular flexibility index (Phi) is 6.00. The van der Waals surface area contributed by atoms with Crippen LogP contribution in [0, 0.1) is 0 Å². The smallest absolute Gasteiger partial charge is 0.244 e. The van der Waals surface area contributed by atoms with Crippen LogP contribution in [-0.2, 0) is 14.8 Å². The fourth-order valence-corrected chi connectivity index (χ4v) is 7.05. The highest BCUT2D eigenvalue weighted by atomic mass is 79.9. The molecule has 1 amide bonds. The van der Waals surface area contributed by atoms with E-state index in [-0.39, 0.29) is 4.90 Å². The van der Waals surface area contributed by atoms with Crippen LogP contribution in [0.2, 0.25) is 0 Å². The number of amides is 1. The molecule has 7 nitrogen and oxygen atoms in total. The Hall–Kier alpha value is -2.66. The number of carbonyl (C=O) groups excluding carboxylic acids is 1. The largest absolute Gasteiger partial charge is 0.299 e.